The van der Waals surface area contributed by atoms with Crippen molar-refractivity contribution < 1.29 is 9.90 Å². The summed E-state index contributed by atoms with van der Waals surface area (Å²) in [7, 11) is 0. The van der Waals surface area contributed by atoms with E-state index in [1.807, 2.05) is 0 Å². The third-order valence-corrected chi connectivity index (χ3v) is 2.35. The Bertz CT molecular complexity index is 146. The normalized spacial score (nSPS) is 23.6. The van der Waals surface area contributed by atoms with Gasteiger partial charge in [-0.2, -0.15) is 0 Å². The zero-order valence-corrected chi connectivity index (χ0v) is 6.68. The number of carbonyl (C=O) groups is 1. The summed E-state index contributed by atoms with van der Waals surface area (Å²) in [5.74, 6) is 0.270. The van der Waals surface area contributed by atoms with Crippen LogP contribution in [-0.2, 0) is 4.79 Å². The lowest BCUT2D eigenvalue weighted by molar-refractivity contribution is -0.125. The van der Waals surface area contributed by atoms with Gasteiger partial charge in [0.15, 0.2) is 0 Å². The first kappa shape index (κ1) is 8.68. The maximum absolute atomic E-state index is 10.8. The largest absolute Gasteiger partial charge is 0.390 e. The predicted octanol–water partition coefficient (Wildman–Crippen LogP) is 0.209. The van der Waals surface area contributed by atoms with Gasteiger partial charge in [-0.3, -0.25) is 4.79 Å². The minimum absolute atomic E-state index is 0.270. The second kappa shape index (κ2) is 3.32. The monoisotopic (exact) mass is 157 g/mol. The molecule has 64 valence electrons. The fraction of sp³-hybridized carbons (Fsp3) is 0.875. The molecule has 0 heterocycles. The lowest BCUT2D eigenvalue weighted by atomic mass is 9.82. The molecule has 0 saturated heterocycles. The van der Waals surface area contributed by atoms with Crippen LogP contribution in [0.1, 0.15) is 32.1 Å². The molecular formula is C8H15NO2. The van der Waals surface area contributed by atoms with Crippen LogP contribution in [0.3, 0.4) is 0 Å². The molecule has 0 spiro atoms. The molecule has 0 atom stereocenters. The van der Waals surface area contributed by atoms with Gasteiger partial charge in [-0.15, -0.1) is 0 Å². The van der Waals surface area contributed by atoms with Gasteiger partial charge in [0.2, 0.25) is 0 Å². The molecule has 3 nitrogen and oxygen atoms in total. The van der Waals surface area contributed by atoms with Gasteiger partial charge in [0.05, 0.1) is 5.60 Å². The number of ketones is 1. The highest BCUT2D eigenvalue weighted by molar-refractivity contribution is 5.79. The number of hydrogen-bond donors (Lipinski definition) is 2. The number of hydrogen-bond acceptors (Lipinski definition) is 3. The molecule has 3 heteroatoms. The molecule has 1 saturated carbocycles. The van der Waals surface area contributed by atoms with Crippen LogP contribution >= 0.6 is 0 Å². The topological polar surface area (TPSA) is 63.3 Å². The molecule has 0 aliphatic heterocycles. The molecule has 11 heavy (non-hydrogen) atoms. The highest BCUT2D eigenvalue weighted by Gasteiger charge is 2.31. The predicted molar refractivity (Wildman–Crippen MR) is 42.1 cm³/mol. The van der Waals surface area contributed by atoms with E-state index in [-0.39, 0.29) is 5.78 Å². The van der Waals surface area contributed by atoms with Crippen LogP contribution in [-0.4, -0.2) is 23.0 Å². The number of rotatable bonds is 2. The van der Waals surface area contributed by atoms with E-state index in [0.717, 1.165) is 0 Å². The summed E-state index contributed by atoms with van der Waals surface area (Å²) in [5.41, 5.74) is 4.70. The quantitative estimate of drug-likeness (QED) is 0.602. The van der Waals surface area contributed by atoms with E-state index >= 15 is 0 Å². The van der Waals surface area contributed by atoms with E-state index in [2.05, 4.69) is 0 Å². The molecular weight excluding hydrogens is 142 g/mol. The van der Waals surface area contributed by atoms with Gasteiger partial charge in [0.1, 0.15) is 5.78 Å². The van der Waals surface area contributed by atoms with E-state index < -0.39 is 5.60 Å². The molecule has 0 unspecified atom stereocenters. The maximum Gasteiger partial charge on any atom is 0.133 e. The molecule has 1 aliphatic carbocycles. The highest BCUT2D eigenvalue weighted by Crippen LogP contribution is 2.28. The molecule has 1 fully saturated rings. The van der Waals surface area contributed by atoms with Gasteiger partial charge >= 0.3 is 0 Å². The molecule has 0 radical (unpaired) electrons. The average Bonchev–Trinajstić information content (AvgIpc) is 1.97. The molecule has 1 rings (SSSR count). The molecule has 0 aromatic rings. The number of aliphatic hydroxyl groups is 1. The van der Waals surface area contributed by atoms with Crippen LogP contribution in [0, 0.1) is 0 Å². The van der Waals surface area contributed by atoms with Gasteiger partial charge in [-0.1, -0.05) is 0 Å². The van der Waals surface area contributed by atoms with Crippen molar-refractivity contribution in [1.82, 2.24) is 0 Å². The lowest BCUT2D eigenvalue weighted by Crippen LogP contribution is -2.36. The van der Waals surface area contributed by atoms with Crippen molar-refractivity contribution in [3.8, 4) is 0 Å². The van der Waals surface area contributed by atoms with E-state index in [1.165, 1.54) is 0 Å². The SMILES string of the molecule is NCCC1(O)CCC(=O)CC1. The van der Waals surface area contributed by atoms with Gasteiger partial charge in [0, 0.05) is 12.8 Å². The standard InChI is InChI=1S/C8H15NO2/c9-6-5-8(11)3-1-7(10)2-4-8/h11H,1-6,9H2. The minimum atomic E-state index is -0.636. The summed E-state index contributed by atoms with van der Waals surface area (Å²) in [4.78, 5) is 10.8. The fourth-order valence-electron chi connectivity index (χ4n) is 1.51. The molecule has 3 N–H and O–H groups in total. The summed E-state index contributed by atoms with van der Waals surface area (Å²) in [6, 6.07) is 0. The minimum Gasteiger partial charge on any atom is -0.390 e. The summed E-state index contributed by atoms with van der Waals surface area (Å²) >= 11 is 0. The summed E-state index contributed by atoms with van der Waals surface area (Å²) < 4.78 is 0. The van der Waals surface area contributed by atoms with E-state index in [1.54, 1.807) is 0 Å². The number of carbonyl (C=O) groups excluding carboxylic acids is 1. The Labute approximate surface area is 66.6 Å². The van der Waals surface area contributed by atoms with Crippen molar-refractivity contribution in [2.45, 2.75) is 37.7 Å². The summed E-state index contributed by atoms with van der Waals surface area (Å²) in [6.45, 7) is 0.505. The van der Waals surface area contributed by atoms with E-state index in [9.17, 15) is 9.90 Å². The first-order valence-electron chi connectivity index (χ1n) is 4.10. The first-order valence-corrected chi connectivity index (χ1v) is 4.10. The maximum atomic E-state index is 10.8. The van der Waals surface area contributed by atoms with Gasteiger partial charge in [-0.25, -0.2) is 0 Å². The van der Waals surface area contributed by atoms with Crippen LogP contribution in [0.25, 0.3) is 0 Å². The lowest BCUT2D eigenvalue weighted by Gasteiger charge is -2.30. The second-order valence-electron chi connectivity index (χ2n) is 3.30. The summed E-state index contributed by atoms with van der Waals surface area (Å²) in [5, 5.41) is 9.76. The fourth-order valence-corrected chi connectivity index (χ4v) is 1.51. The summed E-state index contributed by atoms with van der Waals surface area (Å²) in [6.07, 6.45) is 2.87. The van der Waals surface area contributed by atoms with Crippen LogP contribution in [0.2, 0.25) is 0 Å². The molecule has 0 aromatic carbocycles. The Morgan fingerprint density at radius 1 is 1.45 bits per heavy atom. The van der Waals surface area contributed by atoms with Crippen molar-refractivity contribution in [3.05, 3.63) is 0 Å². The number of nitrogens with two attached hydrogens (primary N) is 1. The Morgan fingerprint density at radius 3 is 2.45 bits per heavy atom. The Hall–Kier alpha value is -0.410. The van der Waals surface area contributed by atoms with Crippen LogP contribution in [0.15, 0.2) is 0 Å². The molecule has 0 bridgehead atoms. The van der Waals surface area contributed by atoms with Crippen molar-refractivity contribution in [3.63, 3.8) is 0 Å². The van der Waals surface area contributed by atoms with Crippen LogP contribution in [0.5, 0.6) is 0 Å². The molecule has 0 aromatic heterocycles. The van der Waals surface area contributed by atoms with Gasteiger partial charge in [0.25, 0.3) is 0 Å². The van der Waals surface area contributed by atoms with Crippen LogP contribution in [0.4, 0.5) is 0 Å². The molecule has 1 aliphatic rings. The molecule has 0 amide bonds. The van der Waals surface area contributed by atoms with Crippen molar-refractivity contribution in [1.29, 1.82) is 0 Å². The Balaban J connectivity index is 2.41. The van der Waals surface area contributed by atoms with Crippen LogP contribution < -0.4 is 5.73 Å². The first-order chi connectivity index (χ1) is 5.16. The van der Waals surface area contributed by atoms with Crippen molar-refractivity contribution in [2.24, 2.45) is 5.73 Å². The van der Waals surface area contributed by atoms with Gasteiger partial charge < -0.3 is 10.8 Å². The zero-order valence-electron chi connectivity index (χ0n) is 6.68. The highest BCUT2D eigenvalue weighted by atomic mass is 16.3. The number of Topliss-reactive ketones (excluding diaryl/α,β-unsaturated/α-hetero) is 1. The smallest absolute Gasteiger partial charge is 0.133 e. The van der Waals surface area contributed by atoms with E-state index in [4.69, 9.17) is 5.73 Å². The van der Waals surface area contributed by atoms with Crippen molar-refractivity contribution in [2.75, 3.05) is 6.54 Å². The second-order valence-corrected chi connectivity index (χ2v) is 3.30. The van der Waals surface area contributed by atoms with E-state index in [0.29, 0.717) is 38.6 Å². The zero-order chi connectivity index (χ0) is 8.32. The average molecular weight is 157 g/mol. The third-order valence-electron chi connectivity index (χ3n) is 2.35. The Morgan fingerprint density at radius 2 is 2.00 bits per heavy atom. The Kier molecular flexibility index (Phi) is 2.62. The van der Waals surface area contributed by atoms with Gasteiger partial charge in [-0.05, 0) is 25.8 Å². The van der Waals surface area contributed by atoms with Crippen molar-refractivity contribution >= 4 is 5.78 Å². The third kappa shape index (κ3) is 2.27.